The van der Waals surface area contributed by atoms with E-state index in [0.717, 1.165) is 4.57 Å². The van der Waals surface area contributed by atoms with Gasteiger partial charge in [-0.2, -0.15) is 0 Å². The molecule has 6 atom stereocenters. The second-order valence-corrected chi connectivity index (χ2v) is 12.9. The van der Waals surface area contributed by atoms with Crippen molar-refractivity contribution in [2.24, 2.45) is 0 Å². The van der Waals surface area contributed by atoms with Crippen molar-refractivity contribution >= 4 is 34.6 Å². The monoisotopic (exact) mass is 514 g/mol. The van der Waals surface area contributed by atoms with Gasteiger partial charge in [-0.3, -0.25) is 28.0 Å². The zero-order valence-electron chi connectivity index (χ0n) is 15.0. The highest BCUT2D eigenvalue weighted by Gasteiger charge is 2.49. The van der Waals surface area contributed by atoms with Gasteiger partial charge in [0.2, 0.25) is 4.86 Å². The molecule has 1 saturated heterocycles. The van der Waals surface area contributed by atoms with E-state index in [0.29, 0.717) is 0 Å². The smallest absolute Gasteiger partial charge is 0.390 e. The van der Waals surface area contributed by atoms with Gasteiger partial charge in [0, 0.05) is 18.2 Å². The molecule has 0 amide bonds. The summed E-state index contributed by atoms with van der Waals surface area (Å²) in [7, 11) is -16.2. The molecule has 0 spiro atoms. The van der Waals surface area contributed by atoms with Crippen LogP contribution in [-0.4, -0.2) is 57.9 Å². The number of halogens is 1. The molecule has 1 aromatic rings. The van der Waals surface area contributed by atoms with E-state index in [2.05, 4.69) is 8.83 Å². The fraction of sp³-hybridized carbons (Fsp3) is 0.636. The van der Waals surface area contributed by atoms with Crippen LogP contribution in [0.25, 0.3) is 0 Å². The van der Waals surface area contributed by atoms with Crippen LogP contribution in [0.3, 0.4) is 0 Å². The molecule has 1 fully saturated rings. The first-order valence-corrected chi connectivity index (χ1v) is 13.2. The molecule has 1 aliphatic heterocycles. The van der Waals surface area contributed by atoms with Crippen LogP contribution in [0, 0.1) is 6.92 Å². The first-order chi connectivity index (χ1) is 13.5. The number of aliphatic hydroxyl groups excluding tert-OH is 1. The number of ether oxygens (including phenoxy) is 1. The number of aromatic nitrogens is 2. The highest BCUT2D eigenvalue weighted by Crippen LogP contribution is 2.71. The van der Waals surface area contributed by atoms with Crippen molar-refractivity contribution in [1.82, 2.24) is 9.55 Å². The van der Waals surface area contributed by atoms with Gasteiger partial charge in [-0.05, 0) is 6.92 Å². The van der Waals surface area contributed by atoms with E-state index >= 15 is 0 Å². The standard InChI is InChI=1S/C11H18ClN2O13P3/c1-5-3-14(11(17)13-9(5)16)8-2-6(15)7(26-8)4-25-30(23,24)27-29(21,22)10(12)28(18,19)20/h3,6-8,10,15H,2,4H2,1H3,(H,21,22)(H,23,24)(H,13,16,17)(H2,18,19,20)/t6-,7+,8+,10-/m0/s1. The summed E-state index contributed by atoms with van der Waals surface area (Å²) in [4.78, 5) is 59.1. The summed E-state index contributed by atoms with van der Waals surface area (Å²) in [5.41, 5.74) is -1.26. The number of phosphoric ester groups is 1. The molecule has 6 N–H and O–H groups in total. The SMILES string of the molecule is Cc1cn([C@H]2C[C@H](O)[C@@H](COP(=O)(O)OP(=O)(O)[C@@H](Cl)P(=O)(O)O)O2)c(=O)[nH]c1=O. The molecule has 172 valence electrons. The molecule has 0 radical (unpaired) electrons. The molecule has 19 heteroatoms. The van der Waals surface area contributed by atoms with E-state index in [9.17, 15) is 38.2 Å². The van der Waals surface area contributed by atoms with Crippen molar-refractivity contribution in [3.05, 3.63) is 32.6 Å². The number of aromatic amines is 1. The number of aliphatic hydroxyl groups is 1. The maximum atomic E-state index is 11.9. The van der Waals surface area contributed by atoms with Gasteiger partial charge in [0.1, 0.15) is 12.3 Å². The summed E-state index contributed by atoms with van der Waals surface area (Å²) < 4.78 is 49.2. The third-order valence-corrected chi connectivity index (χ3v) is 10.4. The zero-order chi connectivity index (χ0) is 23.1. The minimum Gasteiger partial charge on any atom is -0.390 e. The summed E-state index contributed by atoms with van der Waals surface area (Å²) in [6.07, 6.45) is -2.67. The predicted molar refractivity (Wildman–Crippen MR) is 99.0 cm³/mol. The lowest BCUT2D eigenvalue weighted by molar-refractivity contribution is -0.0448. The Morgan fingerprint density at radius 1 is 1.30 bits per heavy atom. The van der Waals surface area contributed by atoms with Gasteiger partial charge < -0.3 is 29.4 Å². The number of nitrogens with one attached hydrogen (secondary N) is 1. The minimum absolute atomic E-state index is 0.170. The van der Waals surface area contributed by atoms with Crippen molar-refractivity contribution in [3.63, 3.8) is 0 Å². The van der Waals surface area contributed by atoms with E-state index in [-0.39, 0.29) is 12.0 Å². The molecule has 1 aromatic heterocycles. The van der Waals surface area contributed by atoms with Crippen LogP contribution < -0.4 is 11.2 Å². The van der Waals surface area contributed by atoms with Gasteiger partial charge >= 0.3 is 28.7 Å². The number of hydrogen-bond donors (Lipinski definition) is 6. The Labute approximate surface area is 172 Å². The summed E-state index contributed by atoms with van der Waals surface area (Å²) >= 11 is 5.12. The van der Waals surface area contributed by atoms with Gasteiger partial charge in [-0.15, -0.1) is 0 Å². The van der Waals surface area contributed by atoms with Crippen LogP contribution in [0.4, 0.5) is 0 Å². The number of H-pyrrole nitrogens is 1. The first-order valence-electron chi connectivity index (χ1n) is 7.89. The zero-order valence-corrected chi connectivity index (χ0v) is 18.4. The van der Waals surface area contributed by atoms with Crippen molar-refractivity contribution in [3.8, 4) is 0 Å². The Morgan fingerprint density at radius 3 is 2.47 bits per heavy atom. The average molecular weight is 515 g/mol. The Bertz CT molecular complexity index is 1050. The third kappa shape index (κ3) is 6.19. The number of rotatable bonds is 8. The highest BCUT2D eigenvalue weighted by molar-refractivity contribution is 7.77. The molecule has 30 heavy (non-hydrogen) atoms. The number of nitrogens with zero attached hydrogens (tertiary/aromatic N) is 1. The van der Waals surface area contributed by atoms with Crippen LogP contribution in [0.5, 0.6) is 0 Å². The molecule has 2 unspecified atom stereocenters. The second kappa shape index (κ2) is 9.07. The van der Waals surface area contributed by atoms with E-state index in [1.807, 2.05) is 4.98 Å². The topological polar surface area (TPSA) is 235 Å². The molecule has 2 heterocycles. The Hall–Kier alpha value is -0.660. The van der Waals surface area contributed by atoms with Crippen molar-refractivity contribution in [2.45, 2.75) is 36.6 Å². The molecular formula is C11H18ClN2O13P3. The van der Waals surface area contributed by atoms with Crippen LogP contribution in [-0.2, 0) is 27.3 Å². The van der Waals surface area contributed by atoms with E-state index < -0.39 is 64.2 Å². The van der Waals surface area contributed by atoms with Crippen LogP contribution in [0.2, 0.25) is 0 Å². The average Bonchev–Trinajstić information content (AvgIpc) is 2.94. The molecule has 15 nitrogen and oxygen atoms in total. The Morgan fingerprint density at radius 2 is 1.90 bits per heavy atom. The quantitative estimate of drug-likeness (QED) is 0.190. The fourth-order valence-electron chi connectivity index (χ4n) is 2.40. The number of alkyl halides is 1. The van der Waals surface area contributed by atoms with Crippen molar-refractivity contribution < 1.29 is 51.9 Å². The lowest BCUT2D eigenvalue weighted by Gasteiger charge is -2.22. The second-order valence-electron chi connectivity index (χ2n) is 6.22. The van der Waals surface area contributed by atoms with Crippen LogP contribution >= 0.6 is 34.6 Å². The Kier molecular flexibility index (Phi) is 7.74. The lowest BCUT2D eigenvalue weighted by atomic mass is 10.2. The predicted octanol–water partition coefficient (Wildman–Crippen LogP) is -0.487. The summed E-state index contributed by atoms with van der Waals surface area (Å²) in [6, 6.07) is 0. The van der Waals surface area contributed by atoms with Gasteiger partial charge in [0.15, 0.2) is 0 Å². The summed E-state index contributed by atoms with van der Waals surface area (Å²) in [5, 5.41) is 10.0. The highest BCUT2D eigenvalue weighted by atomic mass is 35.5. The lowest BCUT2D eigenvalue weighted by Crippen LogP contribution is -2.33. The van der Waals surface area contributed by atoms with Crippen LogP contribution in [0.15, 0.2) is 15.8 Å². The number of phosphoric acid groups is 1. The van der Waals surface area contributed by atoms with E-state index in [4.69, 9.17) is 26.1 Å². The van der Waals surface area contributed by atoms with Crippen LogP contribution in [0.1, 0.15) is 18.2 Å². The third-order valence-electron chi connectivity index (χ3n) is 3.83. The maximum Gasteiger partial charge on any atom is 0.479 e. The van der Waals surface area contributed by atoms with Gasteiger partial charge in [0.05, 0.1) is 12.7 Å². The molecule has 0 saturated carbocycles. The molecule has 2 rings (SSSR count). The van der Waals surface area contributed by atoms with Crippen molar-refractivity contribution in [1.29, 1.82) is 0 Å². The summed E-state index contributed by atoms with van der Waals surface area (Å²) in [5.74, 6) is 0. The maximum absolute atomic E-state index is 11.9. The number of hydrogen-bond acceptors (Lipinski definition) is 9. The van der Waals surface area contributed by atoms with Gasteiger partial charge in [0.25, 0.3) is 5.56 Å². The van der Waals surface area contributed by atoms with Gasteiger partial charge in [-0.25, -0.2) is 13.7 Å². The first kappa shape index (κ1) is 25.6. The minimum atomic E-state index is -5.50. The molecule has 0 bridgehead atoms. The largest absolute Gasteiger partial charge is 0.479 e. The Balaban J connectivity index is 2.05. The molecule has 0 aliphatic carbocycles. The summed E-state index contributed by atoms with van der Waals surface area (Å²) in [6.45, 7) is 0.556. The van der Waals surface area contributed by atoms with E-state index in [1.54, 1.807) is 0 Å². The van der Waals surface area contributed by atoms with E-state index in [1.165, 1.54) is 13.1 Å². The fourth-order valence-corrected chi connectivity index (χ4v) is 6.64. The van der Waals surface area contributed by atoms with Crippen molar-refractivity contribution in [2.75, 3.05) is 6.61 Å². The molecular weight excluding hydrogens is 496 g/mol. The number of aryl methyl sites for hydroxylation is 1. The molecule has 1 aliphatic rings. The molecule has 0 aromatic carbocycles. The van der Waals surface area contributed by atoms with Gasteiger partial charge in [-0.1, -0.05) is 11.6 Å². The normalized spacial score (nSPS) is 27.4.